The van der Waals surface area contributed by atoms with Crippen LogP contribution in [0.25, 0.3) is 0 Å². The number of carbonyl (C=O) groups is 1. The summed E-state index contributed by atoms with van der Waals surface area (Å²) in [7, 11) is 0. The molecule has 0 saturated carbocycles. The van der Waals surface area contributed by atoms with Crippen LogP contribution in [0.5, 0.6) is 0 Å². The first-order valence-electron chi connectivity index (χ1n) is 4.62. The van der Waals surface area contributed by atoms with Gasteiger partial charge in [-0.15, -0.1) is 0 Å². The fraction of sp³-hybridized carbons (Fsp3) is 0.455. The molecule has 0 aliphatic rings. The molecule has 0 saturated heterocycles. The highest BCUT2D eigenvalue weighted by atomic mass is 16.1. The number of carbonyl (C=O) groups excluding carboxylic acids is 1. The Labute approximate surface area is 79.0 Å². The minimum atomic E-state index is 0.154. The van der Waals surface area contributed by atoms with E-state index >= 15 is 0 Å². The molecular weight excluding hydrogens is 162 g/mol. The van der Waals surface area contributed by atoms with E-state index in [9.17, 15) is 4.79 Å². The van der Waals surface area contributed by atoms with Crippen molar-refractivity contribution in [2.24, 2.45) is 5.92 Å². The van der Waals surface area contributed by atoms with Gasteiger partial charge in [-0.1, -0.05) is 13.8 Å². The van der Waals surface area contributed by atoms with Gasteiger partial charge in [0, 0.05) is 24.7 Å². The highest BCUT2D eigenvalue weighted by molar-refractivity contribution is 5.80. The van der Waals surface area contributed by atoms with Crippen molar-refractivity contribution in [3.8, 4) is 0 Å². The number of Topliss-reactive ketones (excluding diaryl/α,β-unsaturated/α-hetero) is 1. The van der Waals surface area contributed by atoms with Crippen molar-refractivity contribution < 1.29 is 4.79 Å². The molecule has 0 atom stereocenters. The van der Waals surface area contributed by atoms with Crippen molar-refractivity contribution in [3.05, 3.63) is 30.1 Å². The average Bonchev–Trinajstić information content (AvgIpc) is 2.15. The number of nitrogens with zero attached hydrogens (tertiary/aromatic N) is 1. The predicted octanol–water partition coefficient (Wildman–Crippen LogP) is 2.24. The van der Waals surface area contributed by atoms with Gasteiger partial charge >= 0.3 is 0 Å². The van der Waals surface area contributed by atoms with Crippen molar-refractivity contribution >= 4 is 5.78 Å². The molecule has 0 radical (unpaired) electrons. The summed E-state index contributed by atoms with van der Waals surface area (Å²) in [5.74, 6) is 0.485. The Morgan fingerprint density at radius 2 is 2.00 bits per heavy atom. The van der Waals surface area contributed by atoms with Crippen LogP contribution in [0, 0.1) is 5.92 Å². The molecule has 2 nitrogen and oxygen atoms in total. The zero-order valence-corrected chi connectivity index (χ0v) is 8.16. The van der Waals surface area contributed by atoms with Gasteiger partial charge in [0.1, 0.15) is 5.78 Å². The molecule has 13 heavy (non-hydrogen) atoms. The second-order valence-corrected chi connectivity index (χ2v) is 3.48. The van der Waals surface area contributed by atoms with Crippen LogP contribution in [0.4, 0.5) is 0 Å². The maximum absolute atomic E-state index is 11.3. The van der Waals surface area contributed by atoms with Crippen molar-refractivity contribution in [2.45, 2.75) is 26.7 Å². The molecule has 1 rings (SSSR count). The lowest BCUT2D eigenvalue weighted by atomic mass is 10.0. The Hall–Kier alpha value is -1.18. The van der Waals surface area contributed by atoms with Gasteiger partial charge in [-0.2, -0.15) is 0 Å². The standard InChI is InChI=1S/C11H15NO/c1-9(2)11(13)4-3-10-5-7-12-8-6-10/h5-9H,3-4H2,1-2H3. The van der Waals surface area contributed by atoms with Crippen LogP contribution in [-0.4, -0.2) is 10.8 Å². The van der Waals surface area contributed by atoms with E-state index in [1.165, 1.54) is 5.56 Å². The van der Waals surface area contributed by atoms with E-state index < -0.39 is 0 Å². The molecule has 0 aromatic carbocycles. The van der Waals surface area contributed by atoms with Crippen LogP contribution < -0.4 is 0 Å². The second-order valence-electron chi connectivity index (χ2n) is 3.48. The third kappa shape index (κ3) is 3.36. The minimum Gasteiger partial charge on any atom is -0.299 e. The van der Waals surface area contributed by atoms with Gasteiger partial charge < -0.3 is 0 Å². The molecule has 0 N–H and O–H groups in total. The Kier molecular flexibility index (Phi) is 3.62. The number of hydrogen-bond donors (Lipinski definition) is 0. The molecule has 70 valence electrons. The van der Waals surface area contributed by atoms with Crippen LogP contribution in [0.1, 0.15) is 25.8 Å². The number of aromatic nitrogens is 1. The molecular formula is C11H15NO. The molecule has 0 bridgehead atoms. The Bertz CT molecular complexity index is 267. The Morgan fingerprint density at radius 1 is 1.38 bits per heavy atom. The summed E-state index contributed by atoms with van der Waals surface area (Å²) in [4.78, 5) is 15.2. The summed E-state index contributed by atoms with van der Waals surface area (Å²) in [5.41, 5.74) is 1.18. The third-order valence-electron chi connectivity index (χ3n) is 2.05. The van der Waals surface area contributed by atoms with Crippen molar-refractivity contribution in [1.29, 1.82) is 0 Å². The number of ketones is 1. The van der Waals surface area contributed by atoms with Gasteiger partial charge in [0.15, 0.2) is 0 Å². The van der Waals surface area contributed by atoms with Crippen molar-refractivity contribution in [2.75, 3.05) is 0 Å². The molecule has 1 heterocycles. The van der Waals surface area contributed by atoms with Gasteiger partial charge in [0.2, 0.25) is 0 Å². The van der Waals surface area contributed by atoms with E-state index in [2.05, 4.69) is 4.98 Å². The smallest absolute Gasteiger partial charge is 0.135 e. The summed E-state index contributed by atoms with van der Waals surface area (Å²) in [6.45, 7) is 3.88. The molecule has 1 aromatic heterocycles. The van der Waals surface area contributed by atoms with Crippen molar-refractivity contribution in [1.82, 2.24) is 4.98 Å². The summed E-state index contributed by atoms with van der Waals surface area (Å²) in [6, 6.07) is 3.90. The normalized spacial score (nSPS) is 10.4. The fourth-order valence-electron chi connectivity index (χ4n) is 1.11. The third-order valence-corrected chi connectivity index (χ3v) is 2.05. The van der Waals surface area contributed by atoms with Crippen molar-refractivity contribution in [3.63, 3.8) is 0 Å². The van der Waals surface area contributed by atoms with Crippen LogP contribution in [0.3, 0.4) is 0 Å². The molecule has 0 aliphatic heterocycles. The van der Waals surface area contributed by atoms with E-state index in [0.717, 1.165) is 6.42 Å². The summed E-state index contributed by atoms with van der Waals surface area (Å²) in [5, 5.41) is 0. The monoisotopic (exact) mass is 177 g/mol. The number of pyridine rings is 1. The number of rotatable bonds is 4. The first kappa shape index (κ1) is 9.90. The largest absolute Gasteiger partial charge is 0.299 e. The van der Waals surface area contributed by atoms with Crippen LogP contribution in [0.2, 0.25) is 0 Å². The van der Waals surface area contributed by atoms with E-state index in [-0.39, 0.29) is 5.92 Å². The Morgan fingerprint density at radius 3 is 2.54 bits per heavy atom. The van der Waals surface area contributed by atoms with Gasteiger partial charge in [-0.05, 0) is 24.1 Å². The lowest BCUT2D eigenvalue weighted by Crippen LogP contribution is -2.07. The van der Waals surface area contributed by atoms with Crippen LogP contribution in [-0.2, 0) is 11.2 Å². The zero-order chi connectivity index (χ0) is 9.68. The quantitative estimate of drug-likeness (QED) is 0.706. The molecule has 0 unspecified atom stereocenters. The molecule has 0 fully saturated rings. The van der Waals surface area contributed by atoms with Gasteiger partial charge in [0.05, 0.1) is 0 Å². The lowest BCUT2D eigenvalue weighted by Gasteiger charge is -2.03. The molecule has 0 aliphatic carbocycles. The van der Waals surface area contributed by atoms with E-state index in [4.69, 9.17) is 0 Å². The molecule has 1 aromatic rings. The lowest BCUT2D eigenvalue weighted by molar-refractivity contribution is -0.121. The summed E-state index contributed by atoms with van der Waals surface area (Å²) in [6.07, 6.45) is 4.99. The maximum atomic E-state index is 11.3. The summed E-state index contributed by atoms with van der Waals surface area (Å²) >= 11 is 0. The molecule has 0 amide bonds. The highest BCUT2D eigenvalue weighted by Gasteiger charge is 2.06. The second kappa shape index (κ2) is 4.75. The maximum Gasteiger partial charge on any atom is 0.135 e. The average molecular weight is 177 g/mol. The first-order chi connectivity index (χ1) is 6.20. The first-order valence-corrected chi connectivity index (χ1v) is 4.62. The minimum absolute atomic E-state index is 0.154. The Balaban J connectivity index is 2.40. The van der Waals surface area contributed by atoms with Gasteiger partial charge in [-0.25, -0.2) is 0 Å². The SMILES string of the molecule is CC(C)C(=O)CCc1ccncc1. The van der Waals surface area contributed by atoms with Gasteiger partial charge in [0.25, 0.3) is 0 Å². The van der Waals surface area contributed by atoms with E-state index in [0.29, 0.717) is 12.2 Å². The molecule has 0 spiro atoms. The topological polar surface area (TPSA) is 30.0 Å². The fourth-order valence-corrected chi connectivity index (χ4v) is 1.11. The number of hydrogen-bond acceptors (Lipinski definition) is 2. The van der Waals surface area contributed by atoms with E-state index in [1.54, 1.807) is 12.4 Å². The molecule has 2 heteroatoms. The van der Waals surface area contributed by atoms with Crippen LogP contribution in [0.15, 0.2) is 24.5 Å². The summed E-state index contributed by atoms with van der Waals surface area (Å²) < 4.78 is 0. The van der Waals surface area contributed by atoms with Gasteiger partial charge in [-0.3, -0.25) is 9.78 Å². The van der Waals surface area contributed by atoms with E-state index in [1.807, 2.05) is 26.0 Å². The predicted molar refractivity (Wildman–Crippen MR) is 52.4 cm³/mol. The number of aryl methyl sites for hydroxylation is 1. The highest BCUT2D eigenvalue weighted by Crippen LogP contribution is 2.05. The zero-order valence-electron chi connectivity index (χ0n) is 8.16. The van der Waals surface area contributed by atoms with Crippen LogP contribution >= 0.6 is 0 Å².